The topological polar surface area (TPSA) is 115 Å². The van der Waals surface area contributed by atoms with Crippen LogP contribution in [0.2, 0.25) is 25.7 Å². The third-order valence-electron chi connectivity index (χ3n) is 4.41. The number of carbonyl (C=O) groups excluding carboxylic acids is 2. The molecular weight excluding hydrogens is 426 g/mol. The van der Waals surface area contributed by atoms with Gasteiger partial charge in [-0.1, -0.05) is 19.6 Å². The van der Waals surface area contributed by atoms with Gasteiger partial charge in [0.2, 0.25) is 0 Å². The highest BCUT2D eigenvalue weighted by atomic mass is 32.2. The SMILES string of the molecule is CCOC(=O)[C@@H](NC(=O)OCC[Si](C)(C)C)[C@H](N[S@@](=O)C(C)(C)C)[C@H]1CNCCO1. The number of hydrogen-bond donors (Lipinski definition) is 3. The van der Waals surface area contributed by atoms with Crippen LogP contribution in [-0.4, -0.2) is 80.2 Å². The van der Waals surface area contributed by atoms with E-state index < -0.39 is 54.1 Å². The maximum absolute atomic E-state index is 12.8. The molecule has 0 radical (unpaired) electrons. The molecule has 1 saturated heterocycles. The highest BCUT2D eigenvalue weighted by molar-refractivity contribution is 7.84. The summed E-state index contributed by atoms with van der Waals surface area (Å²) in [4.78, 5) is 25.2. The average Bonchev–Trinajstić information content (AvgIpc) is 2.63. The molecule has 1 fully saturated rings. The van der Waals surface area contributed by atoms with Crippen LogP contribution in [0, 0.1) is 0 Å². The van der Waals surface area contributed by atoms with Gasteiger partial charge >= 0.3 is 12.1 Å². The predicted octanol–water partition coefficient (Wildman–Crippen LogP) is 1.39. The maximum atomic E-state index is 12.8. The number of alkyl carbamates (subject to hydrolysis) is 1. The van der Waals surface area contributed by atoms with Crippen LogP contribution in [0.1, 0.15) is 27.7 Å². The zero-order valence-electron chi connectivity index (χ0n) is 19.3. The van der Waals surface area contributed by atoms with Gasteiger partial charge in [-0.3, -0.25) is 0 Å². The summed E-state index contributed by atoms with van der Waals surface area (Å²) < 4.78 is 31.5. The molecule has 0 saturated carbocycles. The van der Waals surface area contributed by atoms with Gasteiger partial charge in [-0.2, -0.15) is 0 Å². The fourth-order valence-corrected chi connectivity index (χ4v) is 4.22. The molecular formula is C19H39N3O6SSi. The quantitative estimate of drug-likeness (QED) is 0.330. The van der Waals surface area contributed by atoms with Crippen LogP contribution in [0.5, 0.6) is 0 Å². The van der Waals surface area contributed by atoms with Gasteiger partial charge in [-0.15, -0.1) is 0 Å². The van der Waals surface area contributed by atoms with E-state index in [0.717, 1.165) is 6.04 Å². The molecule has 0 bridgehead atoms. The maximum Gasteiger partial charge on any atom is 0.407 e. The van der Waals surface area contributed by atoms with E-state index in [0.29, 0.717) is 19.7 Å². The first-order chi connectivity index (χ1) is 13.8. The Kier molecular flexibility index (Phi) is 10.9. The van der Waals surface area contributed by atoms with E-state index in [-0.39, 0.29) is 13.2 Å². The van der Waals surface area contributed by atoms with Gasteiger partial charge in [0.05, 0.1) is 47.7 Å². The minimum Gasteiger partial charge on any atom is -0.464 e. The van der Waals surface area contributed by atoms with Crippen molar-refractivity contribution in [1.82, 2.24) is 15.4 Å². The number of esters is 1. The van der Waals surface area contributed by atoms with Crippen molar-refractivity contribution in [2.75, 3.05) is 32.9 Å². The van der Waals surface area contributed by atoms with E-state index in [9.17, 15) is 13.8 Å². The first-order valence-electron chi connectivity index (χ1n) is 10.5. The summed E-state index contributed by atoms with van der Waals surface area (Å²) in [6.45, 7) is 15.7. The third kappa shape index (κ3) is 9.86. The molecule has 0 aromatic carbocycles. The lowest BCUT2D eigenvalue weighted by Crippen LogP contribution is -2.64. The van der Waals surface area contributed by atoms with Crippen molar-refractivity contribution < 1.29 is 28.0 Å². The second kappa shape index (κ2) is 12.1. The fraction of sp³-hybridized carbons (Fsp3) is 0.895. The second-order valence-corrected chi connectivity index (χ2v) is 17.1. The van der Waals surface area contributed by atoms with E-state index in [1.54, 1.807) is 6.92 Å². The van der Waals surface area contributed by atoms with Gasteiger partial charge in [0.25, 0.3) is 0 Å². The Morgan fingerprint density at radius 1 is 1.27 bits per heavy atom. The monoisotopic (exact) mass is 465 g/mol. The predicted molar refractivity (Wildman–Crippen MR) is 120 cm³/mol. The fourth-order valence-electron chi connectivity index (χ4n) is 2.62. The summed E-state index contributed by atoms with van der Waals surface area (Å²) in [7, 11) is -2.86. The molecule has 4 atom stereocenters. The highest BCUT2D eigenvalue weighted by Crippen LogP contribution is 2.15. The van der Waals surface area contributed by atoms with Crippen LogP contribution < -0.4 is 15.4 Å². The number of amides is 1. The molecule has 30 heavy (non-hydrogen) atoms. The van der Waals surface area contributed by atoms with Crippen molar-refractivity contribution in [3.05, 3.63) is 0 Å². The molecule has 0 aliphatic carbocycles. The van der Waals surface area contributed by atoms with Crippen LogP contribution in [-0.2, 0) is 30.0 Å². The Balaban J connectivity index is 3.01. The molecule has 0 aromatic heterocycles. The van der Waals surface area contributed by atoms with Crippen molar-refractivity contribution in [3.8, 4) is 0 Å². The van der Waals surface area contributed by atoms with Crippen LogP contribution in [0.25, 0.3) is 0 Å². The molecule has 3 N–H and O–H groups in total. The van der Waals surface area contributed by atoms with Gasteiger partial charge in [-0.25, -0.2) is 18.5 Å². The number of nitrogens with one attached hydrogen (secondary N) is 3. The standard InChI is InChI=1S/C19H39N3O6SSi/c1-8-26-17(23)16(21-18(24)28-11-12-30(5,6)7)15(14-13-20-9-10-27-14)22-29(25)19(2,3)4/h14-16,20,22H,8-13H2,1-7H3,(H,21,24)/t14-,15-,16+,29+/m1/s1. The van der Waals surface area contributed by atoms with E-state index in [1.807, 2.05) is 20.8 Å². The zero-order chi connectivity index (χ0) is 22.9. The molecule has 11 heteroatoms. The van der Waals surface area contributed by atoms with Gasteiger partial charge in [0, 0.05) is 21.2 Å². The molecule has 1 aliphatic rings. The second-order valence-electron chi connectivity index (χ2n) is 9.46. The van der Waals surface area contributed by atoms with Crippen LogP contribution in [0.15, 0.2) is 0 Å². The first kappa shape index (κ1) is 27.0. The summed E-state index contributed by atoms with van der Waals surface area (Å²) in [6.07, 6.45) is -1.19. The minimum atomic E-state index is -1.49. The number of hydrogen-bond acceptors (Lipinski definition) is 7. The van der Waals surface area contributed by atoms with E-state index in [1.165, 1.54) is 0 Å². The Bertz CT molecular complexity index is 588. The van der Waals surface area contributed by atoms with Gasteiger partial charge in [0.15, 0.2) is 0 Å². The van der Waals surface area contributed by atoms with Crippen molar-refractivity contribution in [2.24, 2.45) is 0 Å². The molecule has 1 amide bonds. The average molecular weight is 466 g/mol. The minimum absolute atomic E-state index is 0.153. The molecule has 9 nitrogen and oxygen atoms in total. The third-order valence-corrected chi connectivity index (χ3v) is 7.72. The van der Waals surface area contributed by atoms with Gasteiger partial charge in [0.1, 0.15) is 6.04 Å². The molecule has 176 valence electrons. The van der Waals surface area contributed by atoms with Crippen molar-refractivity contribution in [3.63, 3.8) is 0 Å². The number of rotatable bonds is 10. The molecule has 0 spiro atoms. The highest BCUT2D eigenvalue weighted by Gasteiger charge is 2.40. The van der Waals surface area contributed by atoms with Gasteiger partial charge < -0.3 is 24.8 Å². The summed E-state index contributed by atoms with van der Waals surface area (Å²) in [5.41, 5.74) is 0. The van der Waals surface area contributed by atoms with E-state index >= 15 is 0 Å². The lowest BCUT2D eigenvalue weighted by atomic mass is 10.0. The lowest BCUT2D eigenvalue weighted by Gasteiger charge is -2.36. The van der Waals surface area contributed by atoms with Crippen LogP contribution in [0.3, 0.4) is 0 Å². The van der Waals surface area contributed by atoms with Crippen molar-refractivity contribution in [1.29, 1.82) is 0 Å². The Morgan fingerprint density at radius 2 is 1.93 bits per heavy atom. The summed E-state index contributed by atoms with van der Waals surface area (Å²) >= 11 is 0. The smallest absolute Gasteiger partial charge is 0.407 e. The van der Waals surface area contributed by atoms with E-state index in [4.69, 9.17) is 14.2 Å². The normalized spacial score (nSPS) is 20.7. The summed E-state index contributed by atoms with van der Waals surface area (Å²) in [5, 5.41) is 5.82. The summed E-state index contributed by atoms with van der Waals surface area (Å²) in [5.74, 6) is -0.628. The number of carbonyl (C=O) groups is 2. The lowest BCUT2D eigenvalue weighted by molar-refractivity contribution is -0.147. The summed E-state index contributed by atoms with van der Waals surface area (Å²) in [6, 6.07) is -1.06. The Morgan fingerprint density at radius 3 is 2.43 bits per heavy atom. The zero-order valence-corrected chi connectivity index (χ0v) is 21.1. The molecule has 1 rings (SSSR count). The molecule has 1 heterocycles. The van der Waals surface area contributed by atoms with E-state index in [2.05, 4.69) is 35.0 Å². The molecule has 0 unspecified atom stereocenters. The number of morpholine rings is 1. The van der Waals surface area contributed by atoms with Gasteiger partial charge in [-0.05, 0) is 33.7 Å². The largest absolute Gasteiger partial charge is 0.464 e. The Hall–Kier alpha value is -1.01. The first-order valence-corrected chi connectivity index (χ1v) is 15.3. The molecule has 1 aliphatic heterocycles. The van der Waals surface area contributed by atoms with Crippen molar-refractivity contribution >= 4 is 31.1 Å². The Labute approximate surface area is 184 Å². The number of ether oxygens (including phenoxy) is 3. The molecule has 0 aromatic rings. The van der Waals surface area contributed by atoms with Crippen LogP contribution in [0.4, 0.5) is 4.79 Å². The van der Waals surface area contributed by atoms with Crippen molar-refractivity contribution in [2.45, 2.75) is 76.3 Å². The van der Waals surface area contributed by atoms with Crippen LogP contribution >= 0.6 is 0 Å².